The molecular weight excluding hydrogens is 404 g/mol. The van der Waals surface area contributed by atoms with Gasteiger partial charge in [0.2, 0.25) is 0 Å². The molecule has 5 heteroatoms. The minimum absolute atomic E-state index is 0.247. The molecule has 0 aromatic heterocycles. The molecule has 1 aliphatic carbocycles. The van der Waals surface area contributed by atoms with Gasteiger partial charge in [0.25, 0.3) is 0 Å². The normalized spacial score (nSPS) is 20.7. The molecule has 148 valence electrons. The van der Waals surface area contributed by atoms with Crippen molar-refractivity contribution in [3.8, 4) is 0 Å². The third-order valence-corrected chi connectivity index (χ3v) is 6.49. The summed E-state index contributed by atoms with van der Waals surface area (Å²) in [7, 11) is 0. The van der Waals surface area contributed by atoms with Gasteiger partial charge in [-0.3, -0.25) is 4.90 Å². The number of esters is 1. The van der Waals surface area contributed by atoms with E-state index < -0.39 is 0 Å². The van der Waals surface area contributed by atoms with Crippen LogP contribution in [0.5, 0.6) is 0 Å². The second-order valence-corrected chi connectivity index (χ2v) is 9.34. The third-order valence-electron chi connectivity index (χ3n) is 5.65. The largest absolute Gasteiger partial charge is 0.462 e. The number of nitrogens with zero attached hydrogens (tertiary/aromatic N) is 2. The summed E-state index contributed by atoms with van der Waals surface area (Å²) in [5, 5.41) is 0. The summed E-state index contributed by atoms with van der Waals surface area (Å²) < 4.78 is 6.48. The van der Waals surface area contributed by atoms with E-state index in [9.17, 15) is 4.79 Å². The standard InChI is InChI=1S/C22H31BrN2O2/c1-4-27-21(26)17-5-7-19(8-6-17)25-13-11-24(12-14-25)16-18-9-10-22(2,3)15-20(18)23/h5-8H,4,9-16H2,1-3H3. The Bertz CT molecular complexity index is 689. The Morgan fingerprint density at radius 3 is 2.41 bits per heavy atom. The first-order chi connectivity index (χ1) is 12.9. The van der Waals surface area contributed by atoms with Crippen LogP contribution in [0.25, 0.3) is 0 Å². The van der Waals surface area contributed by atoms with Crippen molar-refractivity contribution in [1.29, 1.82) is 0 Å². The summed E-state index contributed by atoms with van der Waals surface area (Å²) in [4.78, 5) is 16.7. The van der Waals surface area contributed by atoms with Crippen LogP contribution in [-0.4, -0.2) is 50.2 Å². The molecule has 1 aromatic rings. The van der Waals surface area contributed by atoms with Gasteiger partial charge in [-0.1, -0.05) is 29.8 Å². The molecular formula is C22H31BrN2O2. The molecule has 3 rings (SSSR count). The predicted molar refractivity (Wildman–Crippen MR) is 115 cm³/mol. The monoisotopic (exact) mass is 434 g/mol. The van der Waals surface area contributed by atoms with Gasteiger partial charge < -0.3 is 9.64 Å². The number of piperazine rings is 1. The lowest BCUT2D eigenvalue weighted by Gasteiger charge is -2.38. The number of carbonyl (C=O) groups excluding carboxylic acids is 1. The summed E-state index contributed by atoms with van der Waals surface area (Å²) in [6.07, 6.45) is 3.66. The number of hydrogen-bond acceptors (Lipinski definition) is 4. The molecule has 0 saturated carbocycles. The van der Waals surface area contributed by atoms with E-state index in [1.807, 2.05) is 31.2 Å². The number of anilines is 1. The van der Waals surface area contributed by atoms with Gasteiger partial charge in [-0.25, -0.2) is 4.79 Å². The second kappa shape index (κ2) is 8.78. The van der Waals surface area contributed by atoms with Crippen molar-refractivity contribution in [2.75, 3.05) is 44.2 Å². The average Bonchev–Trinajstić information content (AvgIpc) is 2.65. The van der Waals surface area contributed by atoms with E-state index in [0.29, 0.717) is 17.6 Å². The zero-order valence-electron chi connectivity index (χ0n) is 16.8. The summed E-state index contributed by atoms with van der Waals surface area (Å²) in [5.74, 6) is -0.247. The van der Waals surface area contributed by atoms with Gasteiger partial charge in [-0.2, -0.15) is 0 Å². The number of ether oxygens (including phenoxy) is 1. The molecule has 0 amide bonds. The molecule has 27 heavy (non-hydrogen) atoms. The Balaban J connectivity index is 1.52. The number of halogens is 1. The number of rotatable bonds is 5. The highest BCUT2D eigenvalue weighted by atomic mass is 79.9. The molecule has 1 saturated heterocycles. The first-order valence-corrected chi connectivity index (χ1v) is 10.8. The van der Waals surface area contributed by atoms with Crippen LogP contribution in [-0.2, 0) is 4.74 Å². The number of benzene rings is 1. The highest BCUT2D eigenvalue weighted by Gasteiger charge is 2.27. The molecule has 0 N–H and O–H groups in total. The molecule has 0 bridgehead atoms. The fourth-order valence-corrected chi connectivity index (χ4v) is 4.96. The predicted octanol–water partition coefficient (Wildman–Crippen LogP) is 4.84. The topological polar surface area (TPSA) is 32.8 Å². The molecule has 1 aromatic carbocycles. The van der Waals surface area contributed by atoms with Gasteiger partial charge in [-0.15, -0.1) is 0 Å². The van der Waals surface area contributed by atoms with Gasteiger partial charge in [-0.05, 0) is 65.9 Å². The summed E-state index contributed by atoms with van der Waals surface area (Å²) >= 11 is 3.84. The summed E-state index contributed by atoms with van der Waals surface area (Å²) in [6.45, 7) is 12.2. The van der Waals surface area contributed by atoms with E-state index in [2.05, 4.69) is 39.6 Å². The van der Waals surface area contributed by atoms with Crippen LogP contribution in [0.1, 0.15) is 50.4 Å². The zero-order chi connectivity index (χ0) is 19.4. The molecule has 1 aliphatic heterocycles. The first-order valence-electron chi connectivity index (χ1n) is 9.99. The highest BCUT2D eigenvalue weighted by molar-refractivity contribution is 9.11. The van der Waals surface area contributed by atoms with Gasteiger partial charge in [0, 0.05) is 38.4 Å². The quantitative estimate of drug-likeness (QED) is 0.620. The Labute approximate surface area is 171 Å². The van der Waals surface area contributed by atoms with Crippen molar-refractivity contribution >= 4 is 27.6 Å². The van der Waals surface area contributed by atoms with Gasteiger partial charge in [0.15, 0.2) is 0 Å². The maximum absolute atomic E-state index is 11.8. The molecule has 0 spiro atoms. The van der Waals surface area contributed by atoms with Gasteiger partial charge in [0.1, 0.15) is 0 Å². The fourth-order valence-electron chi connectivity index (χ4n) is 3.88. The molecule has 0 atom stereocenters. The lowest BCUT2D eigenvalue weighted by molar-refractivity contribution is 0.0526. The third kappa shape index (κ3) is 5.35. The van der Waals surface area contributed by atoms with Crippen LogP contribution in [0, 0.1) is 5.41 Å². The Morgan fingerprint density at radius 1 is 1.15 bits per heavy atom. The average molecular weight is 435 g/mol. The number of carbonyl (C=O) groups is 1. The molecule has 0 radical (unpaired) electrons. The van der Waals surface area contributed by atoms with Crippen molar-refractivity contribution in [2.24, 2.45) is 5.41 Å². The van der Waals surface area contributed by atoms with Crippen molar-refractivity contribution in [1.82, 2.24) is 4.90 Å². The molecule has 2 aliphatic rings. The second-order valence-electron chi connectivity index (χ2n) is 8.38. The minimum atomic E-state index is -0.247. The number of allylic oxidation sites excluding steroid dienone is 1. The first kappa shape index (κ1) is 20.4. The van der Waals surface area contributed by atoms with E-state index >= 15 is 0 Å². The molecule has 0 unspecified atom stereocenters. The fraction of sp³-hybridized carbons (Fsp3) is 0.591. The van der Waals surface area contributed by atoms with Gasteiger partial charge >= 0.3 is 5.97 Å². The zero-order valence-corrected chi connectivity index (χ0v) is 18.3. The summed E-state index contributed by atoms with van der Waals surface area (Å²) in [6, 6.07) is 7.80. The Morgan fingerprint density at radius 2 is 1.81 bits per heavy atom. The highest BCUT2D eigenvalue weighted by Crippen LogP contribution is 2.41. The smallest absolute Gasteiger partial charge is 0.338 e. The lowest BCUT2D eigenvalue weighted by atomic mass is 9.78. The van der Waals surface area contributed by atoms with Crippen molar-refractivity contribution in [3.63, 3.8) is 0 Å². The van der Waals surface area contributed by atoms with Crippen LogP contribution in [0.4, 0.5) is 5.69 Å². The lowest BCUT2D eigenvalue weighted by Crippen LogP contribution is -2.47. The Hall–Kier alpha value is -1.33. The van der Waals surface area contributed by atoms with Crippen LogP contribution >= 0.6 is 15.9 Å². The Kier molecular flexibility index (Phi) is 6.64. The number of hydrogen-bond donors (Lipinski definition) is 0. The van der Waals surface area contributed by atoms with Gasteiger partial charge in [0.05, 0.1) is 12.2 Å². The maximum Gasteiger partial charge on any atom is 0.338 e. The van der Waals surface area contributed by atoms with E-state index in [-0.39, 0.29) is 5.97 Å². The van der Waals surface area contributed by atoms with E-state index in [1.165, 1.54) is 23.0 Å². The molecule has 1 fully saturated rings. The van der Waals surface area contributed by atoms with Crippen LogP contribution in [0.15, 0.2) is 34.3 Å². The minimum Gasteiger partial charge on any atom is -0.462 e. The van der Waals surface area contributed by atoms with Crippen LogP contribution in [0.2, 0.25) is 0 Å². The van der Waals surface area contributed by atoms with Crippen molar-refractivity contribution < 1.29 is 9.53 Å². The molecule has 4 nitrogen and oxygen atoms in total. The maximum atomic E-state index is 11.8. The van der Waals surface area contributed by atoms with Crippen molar-refractivity contribution in [3.05, 3.63) is 39.9 Å². The van der Waals surface area contributed by atoms with E-state index in [1.54, 1.807) is 5.57 Å². The molecule has 1 heterocycles. The summed E-state index contributed by atoms with van der Waals surface area (Å²) in [5.41, 5.74) is 3.82. The van der Waals surface area contributed by atoms with Crippen LogP contribution in [0.3, 0.4) is 0 Å². The van der Waals surface area contributed by atoms with Crippen LogP contribution < -0.4 is 4.90 Å². The van der Waals surface area contributed by atoms with E-state index in [4.69, 9.17) is 4.74 Å². The van der Waals surface area contributed by atoms with Crippen molar-refractivity contribution in [2.45, 2.75) is 40.0 Å². The van der Waals surface area contributed by atoms with E-state index in [0.717, 1.165) is 39.1 Å². The SMILES string of the molecule is CCOC(=O)c1ccc(N2CCN(CC3=C(Br)CC(C)(C)CC3)CC2)cc1.